The van der Waals surface area contributed by atoms with Gasteiger partial charge in [0.1, 0.15) is 0 Å². The molecule has 0 aliphatic rings. The van der Waals surface area contributed by atoms with Gasteiger partial charge < -0.3 is 5.11 Å². The molecule has 2 aromatic rings. The lowest BCUT2D eigenvalue weighted by molar-refractivity contribution is -0.136. The van der Waals surface area contributed by atoms with E-state index in [1.807, 2.05) is 19.2 Å². The predicted molar refractivity (Wildman–Crippen MR) is 69.3 cm³/mol. The number of nitrogens with zero attached hydrogens (tertiary/aromatic N) is 3. The molecule has 0 aliphatic carbocycles. The molecule has 0 fully saturated rings. The predicted octanol–water partition coefficient (Wildman–Crippen LogP) is 2.08. The maximum Gasteiger partial charge on any atom is 0.307 e. The summed E-state index contributed by atoms with van der Waals surface area (Å²) in [6, 6.07) is 0. The van der Waals surface area contributed by atoms with Crippen LogP contribution in [0.4, 0.5) is 0 Å². The van der Waals surface area contributed by atoms with Gasteiger partial charge in [-0.1, -0.05) is 13.8 Å². The van der Waals surface area contributed by atoms with Crippen LogP contribution in [0.15, 0.2) is 11.6 Å². The summed E-state index contributed by atoms with van der Waals surface area (Å²) in [4.78, 5) is 15.2. The number of carboxylic acids is 1. The highest BCUT2D eigenvalue weighted by molar-refractivity contribution is 7.12. The van der Waals surface area contributed by atoms with Crippen LogP contribution < -0.4 is 0 Å². The molecule has 2 heterocycles. The van der Waals surface area contributed by atoms with Crippen molar-refractivity contribution < 1.29 is 9.90 Å². The summed E-state index contributed by atoms with van der Waals surface area (Å²) < 4.78 is 1.78. The van der Waals surface area contributed by atoms with Gasteiger partial charge in [0.05, 0.1) is 17.8 Å². The molecule has 0 amide bonds. The van der Waals surface area contributed by atoms with Crippen molar-refractivity contribution in [3.63, 3.8) is 0 Å². The number of aromatic nitrogens is 3. The topological polar surface area (TPSA) is 68.0 Å². The Hall–Kier alpha value is -1.69. The summed E-state index contributed by atoms with van der Waals surface area (Å²) in [6.07, 6.45) is 3.23. The average molecular weight is 265 g/mol. The lowest BCUT2D eigenvalue weighted by Gasteiger charge is -2.03. The van der Waals surface area contributed by atoms with E-state index in [-0.39, 0.29) is 6.42 Å². The fourth-order valence-electron chi connectivity index (χ4n) is 2.02. The Morgan fingerprint density at radius 3 is 2.72 bits per heavy atom. The summed E-state index contributed by atoms with van der Waals surface area (Å²) in [5.41, 5.74) is 2.64. The molecule has 2 aromatic heterocycles. The van der Waals surface area contributed by atoms with Crippen molar-refractivity contribution in [3.05, 3.63) is 28.5 Å². The van der Waals surface area contributed by atoms with Gasteiger partial charge in [0, 0.05) is 17.1 Å². The van der Waals surface area contributed by atoms with Crippen LogP contribution >= 0.6 is 11.3 Å². The highest BCUT2D eigenvalue weighted by Gasteiger charge is 2.19. The van der Waals surface area contributed by atoms with Crippen molar-refractivity contribution in [2.45, 2.75) is 33.1 Å². The number of hydrogen-bond donors (Lipinski definition) is 1. The van der Waals surface area contributed by atoms with Gasteiger partial charge in [-0.25, -0.2) is 9.67 Å². The largest absolute Gasteiger partial charge is 0.481 e. The first-order chi connectivity index (χ1) is 8.67. The maximum atomic E-state index is 11.0. The minimum Gasteiger partial charge on any atom is -0.481 e. The van der Waals surface area contributed by atoms with Crippen molar-refractivity contribution in [3.8, 4) is 5.13 Å². The summed E-state index contributed by atoms with van der Waals surface area (Å²) in [5, 5.41) is 16.2. The molecule has 18 heavy (non-hydrogen) atoms. The molecule has 0 aliphatic heterocycles. The summed E-state index contributed by atoms with van der Waals surface area (Å²) >= 11 is 1.50. The number of hydrogen-bond acceptors (Lipinski definition) is 4. The second kappa shape index (κ2) is 5.30. The van der Waals surface area contributed by atoms with Crippen LogP contribution in [-0.4, -0.2) is 25.8 Å². The zero-order chi connectivity index (χ0) is 13.1. The van der Waals surface area contributed by atoms with Crippen LogP contribution in [0.25, 0.3) is 5.13 Å². The van der Waals surface area contributed by atoms with Gasteiger partial charge in [-0.2, -0.15) is 5.10 Å². The number of aryl methyl sites for hydroxylation is 1. The standard InChI is InChI=1S/C12H15N3O2S/c1-3-9-8(7-11(16)17)10(4-2)15(14-9)12-13-5-6-18-12/h5-6H,3-4,7H2,1-2H3,(H,16,17). The molecule has 2 rings (SSSR count). The third-order valence-electron chi connectivity index (χ3n) is 2.77. The fourth-order valence-corrected chi connectivity index (χ4v) is 2.63. The van der Waals surface area contributed by atoms with Crippen LogP contribution in [0, 0.1) is 0 Å². The SMILES string of the molecule is CCc1nn(-c2nccs2)c(CC)c1CC(=O)O. The van der Waals surface area contributed by atoms with E-state index in [1.54, 1.807) is 10.9 Å². The second-order valence-electron chi connectivity index (χ2n) is 3.88. The van der Waals surface area contributed by atoms with Gasteiger partial charge in [0.15, 0.2) is 0 Å². The lowest BCUT2D eigenvalue weighted by atomic mass is 10.1. The zero-order valence-corrected chi connectivity index (χ0v) is 11.2. The Bertz CT molecular complexity index is 546. The van der Waals surface area contributed by atoms with Gasteiger partial charge in [-0.3, -0.25) is 4.79 Å². The van der Waals surface area contributed by atoms with Crippen LogP contribution in [-0.2, 0) is 24.1 Å². The van der Waals surface area contributed by atoms with E-state index in [0.717, 1.165) is 34.9 Å². The minimum absolute atomic E-state index is 0.0255. The molecular formula is C12H15N3O2S. The van der Waals surface area contributed by atoms with Crippen molar-refractivity contribution >= 4 is 17.3 Å². The van der Waals surface area contributed by atoms with E-state index in [4.69, 9.17) is 5.11 Å². The molecular weight excluding hydrogens is 250 g/mol. The van der Waals surface area contributed by atoms with Crippen molar-refractivity contribution in [2.75, 3.05) is 0 Å². The molecule has 0 bridgehead atoms. The van der Waals surface area contributed by atoms with Gasteiger partial charge in [-0.05, 0) is 12.8 Å². The van der Waals surface area contributed by atoms with Gasteiger partial charge in [0.2, 0.25) is 5.13 Å². The number of rotatable bonds is 5. The van der Waals surface area contributed by atoms with Gasteiger partial charge >= 0.3 is 5.97 Å². The molecule has 0 aromatic carbocycles. The smallest absolute Gasteiger partial charge is 0.307 e. The maximum absolute atomic E-state index is 11.0. The number of aliphatic carboxylic acids is 1. The van der Waals surface area contributed by atoms with E-state index >= 15 is 0 Å². The highest BCUT2D eigenvalue weighted by atomic mass is 32.1. The first-order valence-electron chi connectivity index (χ1n) is 5.88. The zero-order valence-electron chi connectivity index (χ0n) is 10.4. The van der Waals surface area contributed by atoms with Gasteiger partial charge in [0.25, 0.3) is 0 Å². The summed E-state index contributed by atoms with van der Waals surface area (Å²) in [5.74, 6) is -0.821. The quantitative estimate of drug-likeness (QED) is 0.898. The molecule has 96 valence electrons. The summed E-state index contributed by atoms with van der Waals surface area (Å²) in [7, 11) is 0. The Kier molecular flexibility index (Phi) is 3.76. The van der Waals surface area contributed by atoms with Crippen molar-refractivity contribution in [1.29, 1.82) is 0 Å². The molecule has 0 atom stereocenters. The van der Waals surface area contributed by atoms with Crippen LogP contribution in [0.2, 0.25) is 0 Å². The molecule has 0 saturated heterocycles. The molecule has 0 spiro atoms. The van der Waals surface area contributed by atoms with Crippen molar-refractivity contribution in [1.82, 2.24) is 14.8 Å². The number of thiazole rings is 1. The minimum atomic E-state index is -0.821. The summed E-state index contributed by atoms with van der Waals surface area (Å²) in [6.45, 7) is 3.99. The second-order valence-corrected chi connectivity index (χ2v) is 4.75. The Morgan fingerprint density at radius 2 is 2.22 bits per heavy atom. The van der Waals surface area contributed by atoms with E-state index in [2.05, 4.69) is 10.1 Å². The highest BCUT2D eigenvalue weighted by Crippen LogP contribution is 2.22. The Morgan fingerprint density at radius 1 is 1.44 bits per heavy atom. The van der Waals surface area contributed by atoms with Gasteiger partial charge in [-0.15, -0.1) is 11.3 Å². The molecule has 0 radical (unpaired) electrons. The first kappa shape index (κ1) is 12.8. The lowest BCUT2D eigenvalue weighted by Crippen LogP contribution is -2.06. The Balaban J connectivity index is 2.54. The molecule has 1 N–H and O–H groups in total. The van der Waals surface area contributed by atoms with E-state index in [1.165, 1.54) is 11.3 Å². The third-order valence-corrected chi connectivity index (χ3v) is 3.52. The molecule has 0 unspecified atom stereocenters. The normalized spacial score (nSPS) is 10.8. The monoisotopic (exact) mass is 265 g/mol. The molecule has 6 heteroatoms. The first-order valence-corrected chi connectivity index (χ1v) is 6.76. The fraction of sp³-hybridized carbons (Fsp3) is 0.417. The van der Waals surface area contributed by atoms with Crippen LogP contribution in [0.3, 0.4) is 0 Å². The van der Waals surface area contributed by atoms with E-state index in [0.29, 0.717) is 0 Å². The number of carbonyl (C=O) groups is 1. The molecule has 5 nitrogen and oxygen atoms in total. The number of carboxylic acid groups (broad SMARTS) is 1. The third kappa shape index (κ3) is 2.28. The van der Waals surface area contributed by atoms with E-state index < -0.39 is 5.97 Å². The van der Waals surface area contributed by atoms with Crippen molar-refractivity contribution in [2.24, 2.45) is 0 Å². The average Bonchev–Trinajstić information content (AvgIpc) is 2.94. The molecule has 0 saturated carbocycles. The van der Waals surface area contributed by atoms with E-state index in [9.17, 15) is 4.79 Å². The van der Waals surface area contributed by atoms with Crippen LogP contribution in [0.5, 0.6) is 0 Å². The van der Waals surface area contributed by atoms with Crippen LogP contribution in [0.1, 0.15) is 30.8 Å². The Labute approximate surface area is 109 Å².